The fourth-order valence-corrected chi connectivity index (χ4v) is 1.88. The number of hydrogen-bond acceptors (Lipinski definition) is 1. The van der Waals surface area contributed by atoms with Gasteiger partial charge < -0.3 is 5.11 Å². The summed E-state index contributed by atoms with van der Waals surface area (Å²) in [6, 6.07) is 15.8. The average molecular weight is 226 g/mol. The Balaban J connectivity index is 2.43. The molecule has 0 atom stereocenters. The molecule has 0 heterocycles. The van der Waals surface area contributed by atoms with Crippen LogP contribution in [0.5, 0.6) is 0 Å². The highest BCUT2D eigenvalue weighted by Gasteiger charge is 2.05. The van der Waals surface area contributed by atoms with Crippen LogP contribution in [0, 0.1) is 6.92 Å². The van der Waals surface area contributed by atoms with Gasteiger partial charge in [0, 0.05) is 0 Å². The largest absolute Gasteiger partial charge is 0.481 e. The first-order chi connectivity index (χ1) is 8.16. The second-order valence-corrected chi connectivity index (χ2v) is 4.09. The van der Waals surface area contributed by atoms with Crippen molar-refractivity contribution >= 4 is 5.97 Å². The van der Waals surface area contributed by atoms with Gasteiger partial charge in [0.2, 0.25) is 0 Å². The third-order valence-electron chi connectivity index (χ3n) is 2.74. The van der Waals surface area contributed by atoms with E-state index in [-0.39, 0.29) is 6.42 Å². The molecule has 86 valence electrons. The molecule has 0 unspecified atom stereocenters. The van der Waals surface area contributed by atoms with Crippen LogP contribution in [-0.2, 0) is 11.2 Å². The van der Waals surface area contributed by atoms with Crippen LogP contribution in [0.25, 0.3) is 11.1 Å². The molecule has 0 saturated heterocycles. The van der Waals surface area contributed by atoms with Gasteiger partial charge in [-0.05, 0) is 29.2 Å². The maximum absolute atomic E-state index is 10.7. The van der Waals surface area contributed by atoms with Crippen LogP contribution in [0.2, 0.25) is 0 Å². The Hall–Kier alpha value is -2.09. The predicted octanol–water partition coefficient (Wildman–Crippen LogP) is 3.29. The van der Waals surface area contributed by atoms with Crippen molar-refractivity contribution in [3.05, 3.63) is 59.7 Å². The fourth-order valence-electron chi connectivity index (χ4n) is 1.88. The van der Waals surface area contributed by atoms with Crippen molar-refractivity contribution in [1.82, 2.24) is 0 Å². The third kappa shape index (κ3) is 2.72. The van der Waals surface area contributed by atoms with Gasteiger partial charge in [0.15, 0.2) is 0 Å². The van der Waals surface area contributed by atoms with Crippen LogP contribution >= 0.6 is 0 Å². The molecule has 0 aliphatic heterocycles. The lowest BCUT2D eigenvalue weighted by Crippen LogP contribution is -2.00. The quantitative estimate of drug-likeness (QED) is 0.872. The second-order valence-electron chi connectivity index (χ2n) is 4.09. The summed E-state index contributed by atoms with van der Waals surface area (Å²) in [7, 11) is 0. The van der Waals surface area contributed by atoms with Crippen LogP contribution in [0.1, 0.15) is 11.1 Å². The highest BCUT2D eigenvalue weighted by atomic mass is 16.4. The molecule has 2 nitrogen and oxygen atoms in total. The van der Waals surface area contributed by atoms with E-state index in [1.54, 1.807) is 0 Å². The van der Waals surface area contributed by atoms with Crippen molar-refractivity contribution in [3.8, 4) is 11.1 Å². The van der Waals surface area contributed by atoms with Crippen LogP contribution in [0.15, 0.2) is 48.5 Å². The van der Waals surface area contributed by atoms with Crippen molar-refractivity contribution in [1.29, 1.82) is 0 Å². The molecular weight excluding hydrogens is 212 g/mol. The molecule has 0 amide bonds. The van der Waals surface area contributed by atoms with Gasteiger partial charge in [-0.15, -0.1) is 0 Å². The minimum Gasteiger partial charge on any atom is -0.481 e. The summed E-state index contributed by atoms with van der Waals surface area (Å²) in [5, 5.41) is 8.80. The van der Waals surface area contributed by atoms with Crippen molar-refractivity contribution in [2.45, 2.75) is 13.3 Å². The summed E-state index contributed by atoms with van der Waals surface area (Å²) in [4.78, 5) is 10.7. The van der Waals surface area contributed by atoms with Crippen LogP contribution in [-0.4, -0.2) is 11.1 Å². The molecule has 17 heavy (non-hydrogen) atoms. The van der Waals surface area contributed by atoms with Crippen molar-refractivity contribution < 1.29 is 9.90 Å². The number of aliphatic carboxylic acids is 1. The first-order valence-electron chi connectivity index (χ1n) is 5.53. The zero-order valence-corrected chi connectivity index (χ0v) is 9.68. The summed E-state index contributed by atoms with van der Waals surface area (Å²) in [6.07, 6.45) is 0.0696. The van der Waals surface area contributed by atoms with Gasteiger partial charge in [-0.3, -0.25) is 4.79 Å². The number of aryl methyl sites for hydroxylation is 1. The van der Waals surface area contributed by atoms with Gasteiger partial charge in [0.05, 0.1) is 6.42 Å². The van der Waals surface area contributed by atoms with E-state index < -0.39 is 5.97 Å². The topological polar surface area (TPSA) is 37.3 Å². The van der Waals surface area contributed by atoms with E-state index in [1.165, 1.54) is 0 Å². The van der Waals surface area contributed by atoms with Crippen LogP contribution in [0.3, 0.4) is 0 Å². The highest BCUT2D eigenvalue weighted by molar-refractivity contribution is 5.73. The molecule has 1 N–H and O–H groups in total. The molecule has 2 rings (SSSR count). The average Bonchev–Trinajstić information content (AvgIpc) is 2.32. The lowest BCUT2D eigenvalue weighted by Gasteiger charge is -2.08. The van der Waals surface area contributed by atoms with Crippen LogP contribution in [0.4, 0.5) is 0 Å². The maximum Gasteiger partial charge on any atom is 0.307 e. The maximum atomic E-state index is 10.7. The third-order valence-corrected chi connectivity index (χ3v) is 2.74. The first-order valence-corrected chi connectivity index (χ1v) is 5.53. The van der Waals surface area contributed by atoms with E-state index in [1.807, 2.05) is 55.5 Å². The lowest BCUT2D eigenvalue weighted by atomic mass is 9.97. The number of carboxylic acid groups (broad SMARTS) is 1. The number of rotatable bonds is 3. The van der Waals surface area contributed by atoms with E-state index in [0.29, 0.717) is 0 Å². The zero-order chi connectivity index (χ0) is 12.3. The molecule has 0 spiro atoms. The normalized spacial score (nSPS) is 10.2. The molecular formula is C15H14O2. The fraction of sp³-hybridized carbons (Fsp3) is 0.133. The van der Waals surface area contributed by atoms with E-state index in [0.717, 1.165) is 22.3 Å². The molecule has 0 bridgehead atoms. The number of benzene rings is 2. The molecule has 0 aliphatic carbocycles. The van der Waals surface area contributed by atoms with E-state index in [2.05, 4.69) is 0 Å². The molecule has 0 aliphatic rings. The van der Waals surface area contributed by atoms with Gasteiger partial charge in [-0.1, -0.05) is 48.5 Å². The Morgan fingerprint density at radius 2 is 1.82 bits per heavy atom. The van der Waals surface area contributed by atoms with E-state index in [4.69, 9.17) is 5.11 Å². The lowest BCUT2D eigenvalue weighted by molar-refractivity contribution is -0.136. The number of hydrogen-bond donors (Lipinski definition) is 1. The van der Waals surface area contributed by atoms with Crippen molar-refractivity contribution in [3.63, 3.8) is 0 Å². The van der Waals surface area contributed by atoms with Crippen LogP contribution < -0.4 is 0 Å². The smallest absolute Gasteiger partial charge is 0.307 e. The van der Waals surface area contributed by atoms with Crippen molar-refractivity contribution in [2.24, 2.45) is 0 Å². The predicted molar refractivity (Wildman–Crippen MR) is 68.0 cm³/mol. The van der Waals surface area contributed by atoms with Gasteiger partial charge in [0.1, 0.15) is 0 Å². The Labute approximate surface area is 101 Å². The van der Waals surface area contributed by atoms with E-state index >= 15 is 0 Å². The minimum absolute atomic E-state index is 0.0696. The molecule has 2 heteroatoms. The van der Waals surface area contributed by atoms with Crippen molar-refractivity contribution in [2.75, 3.05) is 0 Å². The standard InChI is InChI=1S/C15H14O2/c1-11-7-8-12(10-15(16)17)9-14(11)13-5-3-2-4-6-13/h2-9H,10H2,1H3,(H,16,17). The summed E-state index contributed by atoms with van der Waals surface area (Å²) in [5.74, 6) is -0.798. The molecule has 2 aromatic carbocycles. The van der Waals surface area contributed by atoms with Gasteiger partial charge in [0.25, 0.3) is 0 Å². The Kier molecular flexibility index (Phi) is 3.24. The monoisotopic (exact) mass is 226 g/mol. The zero-order valence-electron chi connectivity index (χ0n) is 9.68. The van der Waals surface area contributed by atoms with Gasteiger partial charge in [-0.25, -0.2) is 0 Å². The van der Waals surface area contributed by atoms with Gasteiger partial charge >= 0.3 is 5.97 Å². The summed E-state index contributed by atoms with van der Waals surface area (Å²) in [6.45, 7) is 2.03. The summed E-state index contributed by atoms with van der Waals surface area (Å²) < 4.78 is 0. The first kappa shape index (κ1) is 11.4. The molecule has 0 aromatic heterocycles. The Morgan fingerprint density at radius 1 is 1.12 bits per heavy atom. The highest BCUT2D eigenvalue weighted by Crippen LogP contribution is 2.24. The number of carbonyl (C=O) groups is 1. The Morgan fingerprint density at radius 3 is 2.47 bits per heavy atom. The SMILES string of the molecule is Cc1ccc(CC(=O)O)cc1-c1ccccc1. The molecule has 0 fully saturated rings. The Bertz CT molecular complexity index is 530. The minimum atomic E-state index is -0.798. The summed E-state index contributed by atoms with van der Waals surface area (Å²) in [5.41, 5.74) is 4.22. The molecule has 2 aromatic rings. The molecule has 0 saturated carbocycles. The molecule has 0 radical (unpaired) electrons. The van der Waals surface area contributed by atoms with Gasteiger partial charge in [-0.2, -0.15) is 0 Å². The van der Waals surface area contributed by atoms with E-state index in [9.17, 15) is 4.79 Å². The second kappa shape index (κ2) is 4.83. The number of carboxylic acids is 1. The summed E-state index contributed by atoms with van der Waals surface area (Å²) >= 11 is 0.